The minimum absolute atomic E-state index is 0.225. The predicted octanol–water partition coefficient (Wildman–Crippen LogP) is 4.24. The van der Waals surface area contributed by atoms with Crippen LogP contribution in [-0.4, -0.2) is 15.9 Å². The summed E-state index contributed by atoms with van der Waals surface area (Å²) >= 11 is 1.63. The third-order valence-electron chi connectivity index (χ3n) is 3.87. The number of nitrogens with one attached hydrogen (secondary N) is 3. The summed E-state index contributed by atoms with van der Waals surface area (Å²) in [6, 6.07) is 19.4. The number of amides is 1. The maximum atomic E-state index is 12.1. The van der Waals surface area contributed by atoms with E-state index in [9.17, 15) is 9.59 Å². The molecule has 2 aromatic carbocycles. The van der Waals surface area contributed by atoms with Gasteiger partial charge >= 0.3 is 5.69 Å². The summed E-state index contributed by atoms with van der Waals surface area (Å²) < 4.78 is 0. The number of aromatic amines is 2. The second-order valence-corrected chi connectivity index (χ2v) is 6.85. The number of imidazole rings is 1. The number of benzene rings is 2. The highest BCUT2D eigenvalue weighted by Gasteiger charge is 2.03. The van der Waals surface area contributed by atoms with Crippen molar-refractivity contribution >= 4 is 40.0 Å². The first-order valence-electron chi connectivity index (χ1n) is 8.04. The predicted molar refractivity (Wildman–Crippen MR) is 106 cm³/mol. The number of hydrogen-bond donors (Lipinski definition) is 3. The van der Waals surface area contributed by atoms with Crippen molar-refractivity contribution in [1.82, 2.24) is 9.97 Å². The first-order chi connectivity index (χ1) is 12.7. The van der Waals surface area contributed by atoms with Crippen LogP contribution in [0.1, 0.15) is 4.88 Å². The molecule has 0 radical (unpaired) electrons. The third-order valence-corrected chi connectivity index (χ3v) is 4.97. The van der Waals surface area contributed by atoms with Crippen LogP contribution in [0.2, 0.25) is 0 Å². The van der Waals surface area contributed by atoms with E-state index in [-0.39, 0.29) is 11.6 Å². The molecule has 0 fully saturated rings. The first kappa shape index (κ1) is 16.1. The van der Waals surface area contributed by atoms with Gasteiger partial charge in [-0.25, -0.2) is 4.79 Å². The maximum absolute atomic E-state index is 12.1. The first-order valence-corrected chi connectivity index (χ1v) is 8.85. The zero-order valence-electron chi connectivity index (χ0n) is 13.7. The summed E-state index contributed by atoms with van der Waals surface area (Å²) in [5, 5.41) is 2.80. The van der Waals surface area contributed by atoms with Crippen molar-refractivity contribution in [3.63, 3.8) is 0 Å². The smallest absolute Gasteiger partial charge is 0.322 e. The molecular formula is C20H15N3O2S. The molecule has 0 spiro atoms. The van der Waals surface area contributed by atoms with Gasteiger partial charge in [0.25, 0.3) is 0 Å². The van der Waals surface area contributed by atoms with Crippen LogP contribution in [-0.2, 0) is 4.79 Å². The number of hydrogen-bond acceptors (Lipinski definition) is 3. The second kappa shape index (κ2) is 6.85. The summed E-state index contributed by atoms with van der Waals surface area (Å²) in [5.41, 5.74) is 2.88. The molecule has 0 aliphatic heterocycles. The van der Waals surface area contributed by atoms with Crippen molar-refractivity contribution < 1.29 is 4.79 Å². The van der Waals surface area contributed by atoms with Crippen molar-refractivity contribution in [2.75, 3.05) is 5.32 Å². The number of rotatable bonds is 4. The van der Waals surface area contributed by atoms with Gasteiger partial charge in [-0.05, 0) is 42.0 Å². The number of fused-ring (bicyclic) bond motifs is 1. The Balaban J connectivity index is 1.45. The van der Waals surface area contributed by atoms with Crippen LogP contribution in [0.4, 0.5) is 5.69 Å². The number of carbonyl (C=O) groups is 1. The third kappa shape index (κ3) is 3.50. The van der Waals surface area contributed by atoms with E-state index >= 15 is 0 Å². The van der Waals surface area contributed by atoms with E-state index < -0.39 is 0 Å². The van der Waals surface area contributed by atoms with Gasteiger partial charge in [0.1, 0.15) is 0 Å². The molecule has 0 atom stereocenters. The van der Waals surface area contributed by atoms with Gasteiger partial charge in [-0.3, -0.25) is 4.79 Å². The molecule has 4 rings (SSSR count). The summed E-state index contributed by atoms with van der Waals surface area (Å²) in [6.07, 6.45) is 3.30. The molecule has 1 amide bonds. The van der Waals surface area contributed by atoms with Crippen LogP contribution in [0.15, 0.2) is 71.5 Å². The lowest BCUT2D eigenvalue weighted by molar-refractivity contribution is -0.111. The highest BCUT2D eigenvalue weighted by atomic mass is 32.1. The number of H-pyrrole nitrogens is 2. The zero-order chi connectivity index (χ0) is 17.9. The highest BCUT2D eigenvalue weighted by Crippen LogP contribution is 2.28. The molecule has 5 nitrogen and oxygen atoms in total. The van der Waals surface area contributed by atoms with Gasteiger partial charge in [-0.15, -0.1) is 11.3 Å². The fraction of sp³-hybridized carbons (Fsp3) is 0. The molecule has 6 heteroatoms. The lowest BCUT2D eigenvalue weighted by Crippen LogP contribution is -2.07. The normalized spacial score (nSPS) is 11.2. The van der Waals surface area contributed by atoms with E-state index in [2.05, 4.69) is 27.4 Å². The van der Waals surface area contributed by atoms with Crippen LogP contribution >= 0.6 is 11.3 Å². The van der Waals surface area contributed by atoms with Crippen molar-refractivity contribution in [3.05, 3.63) is 82.1 Å². The molecule has 3 N–H and O–H groups in total. The second-order valence-electron chi connectivity index (χ2n) is 5.73. The van der Waals surface area contributed by atoms with Gasteiger partial charge in [0.15, 0.2) is 0 Å². The minimum Gasteiger partial charge on any atom is -0.322 e. The maximum Gasteiger partial charge on any atom is 0.323 e. The lowest BCUT2D eigenvalue weighted by atomic mass is 10.2. The average Bonchev–Trinajstić information content (AvgIpc) is 3.26. The summed E-state index contributed by atoms with van der Waals surface area (Å²) in [4.78, 5) is 30.9. The summed E-state index contributed by atoms with van der Waals surface area (Å²) in [7, 11) is 0. The van der Waals surface area contributed by atoms with E-state index in [1.165, 1.54) is 6.08 Å². The van der Waals surface area contributed by atoms with E-state index in [0.29, 0.717) is 16.7 Å². The van der Waals surface area contributed by atoms with Crippen LogP contribution in [0.5, 0.6) is 0 Å². The Hall–Kier alpha value is -3.38. The number of aromatic nitrogens is 2. The number of anilines is 1. The van der Waals surface area contributed by atoms with Crippen molar-refractivity contribution in [2.24, 2.45) is 0 Å². The molecule has 2 aromatic heterocycles. The molecular weight excluding hydrogens is 346 g/mol. The average molecular weight is 361 g/mol. The van der Waals surface area contributed by atoms with Crippen LogP contribution in [0, 0.1) is 0 Å². The van der Waals surface area contributed by atoms with Crippen molar-refractivity contribution in [1.29, 1.82) is 0 Å². The molecule has 0 unspecified atom stereocenters. The quantitative estimate of drug-likeness (QED) is 0.476. The van der Waals surface area contributed by atoms with E-state index in [4.69, 9.17) is 0 Å². The molecule has 0 aliphatic rings. The topological polar surface area (TPSA) is 77.8 Å². The van der Waals surface area contributed by atoms with Crippen molar-refractivity contribution in [3.8, 4) is 10.4 Å². The molecule has 128 valence electrons. The molecule has 26 heavy (non-hydrogen) atoms. The van der Waals surface area contributed by atoms with Gasteiger partial charge in [-0.2, -0.15) is 0 Å². The standard InChI is InChI=1S/C20H15N3O2S/c24-19(21-14-6-9-16-17(12-14)23-20(25)22-16)11-8-15-7-10-18(26-15)13-4-2-1-3-5-13/h1-12H,(H,21,24)(H2,22,23,25)/b11-8+. The zero-order valence-corrected chi connectivity index (χ0v) is 14.5. The molecule has 0 aliphatic carbocycles. The van der Waals surface area contributed by atoms with E-state index in [1.54, 1.807) is 35.6 Å². The Labute approximate surface area is 153 Å². The summed E-state index contributed by atoms with van der Waals surface area (Å²) in [5.74, 6) is -0.225. The molecule has 0 saturated carbocycles. The minimum atomic E-state index is -0.268. The van der Waals surface area contributed by atoms with Crippen LogP contribution < -0.4 is 11.0 Å². The lowest BCUT2D eigenvalue weighted by Gasteiger charge is -2.01. The van der Waals surface area contributed by atoms with E-state index in [0.717, 1.165) is 15.3 Å². The Morgan fingerprint density at radius 1 is 0.962 bits per heavy atom. The SMILES string of the molecule is O=C(/C=C/c1ccc(-c2ccccc2)s1)Nc1ccc2[nH]c(=O)[nH]c2c1. The van der Waals surface area contributed by atoms with E-state index in [1.807, 2.05) is 30.3 Å². The molecule has 4 aromatic rings. The Kier molecular flexibility index (Phi) is 4.25. The monoisotopic (exact) mass is 361 g/mol. The van der Waals surface area contributed by atoms with Gasteiger partial charge < -0.3 is 15.3 Å². The fourth-order valence-corrected chi connectivity index (χ4v) is 3.57. The molecule has 2 heterocycles. The molecule has 0 bridgehead atoms. The Bertz CT molecular complexity index is 1150. The van der Waals surface area contributed by atoms with Gasteiger partial charge in [0.05, 0.1) is 11.0 Å². The summed E-state index contributed by atoms with van der Waals surface area (Å²) in [6.45, 7) is 0. The largest absolute Gasteiger partial charge is 0.323 e. The van der Waals surface area contributed by atoms with Crippen molar-refractivity contribution in [2.45, 2.75) is 0 Å². The van der Waals surface area contributed by atoms with Crippen LogP contribution in [0.25, 0.3) is 27.6 Å². The number of carbonyl (C=O) groups excluding carboxylic acids is 1. The Morgan fingerprint density at radius 3 is 2.62 bits per heavy atom. The highest BCUT2D eigenvalue weighted by molar-refractivity contribution is 7.16. The number of thiophene rings is 1. The van der Waals surface area contributed by atoms with Gasteiger partial charge in [-0.1, -0.05) is 30.3 Å². The van der Waals surface area contributed by atoms with Gasteiger partial charge in [0, 0.05) is 21.5 Å². The Morgan fingerprint density at radius 2 is 1.77 bits per heavy atom. The van der Waals surface area contributed by atoms with Crippen LogP contribution in [0.3, 0.4) is 0 Å². The fourth-order valence-electron chi connectivity index (χ4n) is 2.65. The van der Waals surface area contributed by atoms with Gasteiger partial charge in [0.2, 0.25) is 5.91 Å². The molecule has 0 saturated heterocycles.